The van der Waals surface area contributed by atoms with E-state index in [0.717, 1.165) is 20.2 Å². The molecule has 0 unspecified atom stereocenters. The van der Waals surface area contributed by atoms with Gasteiger partial charge in [0.15, 0.2) is 0 Å². The molecule has 0 saturated heterocycles. The minimum atomic E-state index is -0.750. The fourth-order valence-corrected chi connectivity index (χ4v) is 2.70. The number of fused-ring (bicyclic) bond motifs is 1. The van der Waals surface area contributed by atoms with Gasteiger partial charge in [-0.15, -0.1) is 0 Å². The van der Waals surface area contributed by atoms with Gasteiger partial charge in [-0.3, -0.25) is 0 Å². The molecule has 0 bridgehead atoms. The predicted molar refractivity (Wildman–Crippen MR) is 84.9 cm³/mol. The lowest BCUT2D eigenvalue weighted by atomic mass is 10.2. The van der Waals surface area contributed by atoms with E-state index in [1.807, 2.05) is 47.2 Å². The van der Waals surface area contributed by atoms with E-state index in [9.17, 15) is 4.39 Å². The monoisotopic (exact) mass is 401 g/mol. The van der Waals surface area contributed by atoms with Crippen molar-refractivity contribution in [1.82, 2.24) is 4.57 Å². The number of hydrogen-bond donors (Lipinski definition) is 0. The van der Waals surface area contributed by atoms with E-state index in [1.54, 1.807) is 6.07 Å². The Kier molecular flexibility index (Phi) is 5.02. The summed E-state index contributed by atoms with van der Waals surface area (Å²) >= 11 is 1.52. The summed E-state index contributed by atoms with van der Waals surface area (Å²) in [6, 6.07) is 14.9. The van der Waals surface area contributed by atoms with Crippen LogP contribution in [0.25, 0.3) is 16.6 Å². The van der Waals surface area contributed by atoms with Crippen LogP contribution in [0.5, 0.6) is 0 Å². The Morgan fingerprint density at radius 2 is 1.70 bits per heavy atom. The molecule has 0 atom stereocenters. The molecule has 0 aliphatic heterocycles. The lowest BCUT2D eigenvalue weighted by molar-refractivity contribution is 0.628. The molecule has 0 N–H and O–H groups in total. The summed E-state index contributed by atoms with van der Waals surface area (Å²) in [6.07, 6.45) is 2.03. The zero-order valence-electron chi connectivity index (χ0n) is 10.1. The van der Waals surface area contributed by atoms with Crippen molar-refractivity contribution in [2.24, 2.45) is 0 Å². The lowest BCUT2D eigenvalue weighted by Crippen LogP contribution is -1.91. The van der Waals surface area contributed by atoms with Gasteiger partial charge < -0.3 is 4.57 Å². The second kappa shape index (κ2) is 6.76. The minimum Gasteiger partial charge on any atom is -0.315 e. The molecule has 1 aromatic heterocycles. The highest BCUT2D eigenvalue weighted by molar-refractivity contribution is 14.1. The Labute approximate surface area is 132 Å². The van der Waals surface area contributed by atoms with Crippen molar-refractivity contribution in [3.63, 3.8) is 0 Å². The Bertz CT molecular complexity index is 767. The van der Waals surface area contributed by atoms with Crippen LogP contribution in [-0.2, 0) is 11.6 Å². The summed E-state index contributed by atoms with van der Waals surface area (Å²) in [6.45, 7) is 0. The molecule has 3 nitrogen and oxygen atoms in total. The van der Waals surface area contributed by atoms with Gasteiger partial charge in [0.2, 0.25) is 0 Å². The Hall–Kier alpha value is -1.54. The van der Waals surface area contributed by atoms with Crippen LogP contribution in [0.4, 0.5) is 4.39 Å². The first-order valence-corrected chi connectivity index (χ1v) is 7.35. The van der Waals surface area contributed by atoms with Gasteiger partial charge in [0.25, 0.3) is 0 Å². The SMILES string of the molecule is Fc1ccc2c(I)cn(-c3ccccc3)c2c1.O=S=O. The quantitative estimate of drug-likeness (QED) is 0.584. The second-order valence-corrected chi connectivity index (χ2v) is 5.21. The predicted octanol–water partition coefficient (Wildman–Crippen LogP) is 3.70. The molecule has 0 amide bonds. The molecule has 2 aromatic carbocycles. The highest BCUT2D eigenvalue weighted by atomic mass is 127. The second-order valence-electron chi connectivity index (χ2n) is 3.91. The smallest absolute Gasteiger partial charge is 0.315 e. The summed E-state index contributed by atoms with van der Waals surface area (Å²) in [5.74, 6) is -0.204. The summed E-state index contributed by atoms with van der Waals surface area (Å²) in [5, 5.41) is 1.08. The standard InChI is InChI=1S/C14H9FIN.O2S/c15-10-6-7-12-13(16)9-17(14(12)8-10)11-4-2-1-3-5-11;1-3-2/h1-9H;. The number of halogens is 2. The molecule has 102 valence electrons. The minimum absolute atomic E-state index is 0.204. The van der Waals surface area contributed by atoms with Gasteiger partial charge in [-0.05, 0) is 52.9 Å². The van der Waals surface area contributed by atoms with Crippen molar-refractivity contribution in [2.45, 2.75) is 0 Å². The maximum absolute atomic E-state index is 13.3. The third-order valence-electron chi connectivity index (χ3n) is 2.75. The molecule has 0 radical (unpaired) electrons. The Morgan fingerprint density at radius 3 is 2.35 bits per heavy atom. The van der Waals surface area contributed by atoms with E-state index in [0.29, 0.717) is 0 Å². The summed E-state index contributed by atoms with van der Waals surface area (Å²) in [5.41, 5.74) is 1.95. The van der Waals surface area contributed by atoms with Crippen LogP contribution in [-0.4, -0.2) is 13.0 Å². The van der Waals surface area contributed by atoms with Crippen molar-refractivity contribution in [1.29, 1.82) is 0 Å². The number of benzene rings is 2. The van der Waals surface area contributed by atoms with E-state index in [4.69, 9.17) is 8.42 Å². The Morgan fingerprint density at radius 1 is 1.05 bits per heavy atom. The summed E-state index contributed by atoms with van der Waals surface area (Å²) < 4.78 is 33.0. The molecular weight excluding hydrogens is 392 g/mol. The van der Waals surface area contributed by atoms with Crippen molar-refractivity contribution in [3.05, 3.63) is 64.1 Å². The molecule has 3 aromatic rings. The van der Waals surface area contributed by atoms with E-state index in [-0.39, 0.29) is 5.82 Å². The number of para-hydroxylation sites is 1. The van der Waals surface area contributed by atoms with Gasteiger partial charge in [0.05, 0.1) is 5.52 Å². The highest BCUT2D eigenvalue weighted by Gasteiger charge is 2.08. The van der Waals surface area contributed by atoms with Crippen molar-refractivity contribution < 1.29 is 12.8 Å². The van der Waals surface area contributed by atoms with Gasteiger partial charge in [0.1, 0.15) is 5.82 Å². The van der Waals surface area contributed by atoms with E-state index < -0.39 is 11.6 Å². The highest BCUT2D eigenvalue weighted by Crippen LogP contribution is 2.26. The largest absolute Gasteiger partial charge is 0.335 e. The first kappa shape index (κ1) is 14.9. The molecule has 20 heavy (non-hydrogen) atoms. The first-order valence-electron chi connectivity index (χ1n) is 5.60. The van der Waals surface area contributed by atoms with Gasteiger partial charge in [-0.1, -0.05) is 18.2 Å². The van der Waals surface area contributed by atoms with E-state index in [2.05, 4.69) is 22.6 Å². The number of nitrogens with zero attached hydrogens (tertiary/aromatic N) is 1. The molecule has 0 fully saturated rings. The third-order valence-corrected chi connectivity index (χ3v) is 3.61. The average Bonchev–Trinajstić information content (AvgIpc) is 2.77. The van der Waals surface area contributed by atoms with Crippen LogP contribution in [0, 0.1) is 9.39 Å². The maximum Gasteiger partial charge on any atom is 0.335 e. The van der Waals surface area contributed by atoms with Crippen LogP contribution in [0.3, 0.4) is 0 Å². The van der Waals surface area contributed by atoms with Crippen LogP contribution < -0.4 is 0 Å². The number of rotatable bonds is 1. The zero-order chi connectivity index (χ0) is 14.5. The van der Waals surface area contributed by atoms with E-state index in [1.165, 1.54) is 6.07 Å². The van der Waals surface area contributed by atoms with Crippen molar-refractivity contribution in [2.75, 3.05) is 0 Å². The van der Waals surface area contributed by atoms with Crippen LogP contribution in [0.15, 0.2) is 54.7 Å². The number of aromatic nitrogens is 1. The molecule has 0 aliphatic rings. The third kappa shape index (κ3) is 3.13. The van der Waals surface area contributed by atoms with Gasteiger partial charge in [0, 0.05) is 20.8 Å². The van der Waals surface area contributed by atoms with Crippen molar-refractivity contribution >= 4 is 45.1 Å². The van der Waals surface area contributed by atoms with Gasteiger partial charge in [-0.2, -0.15) is 8.42 Å². The molecule has 0 aliphatic carbocycles. The van der Waals surface area contributed by atoms with E-state index >= 15 is 0 Å². The summed E-state index contributed by atoms with van der Waals surface area (Å²) in [4.78, 5) is 0. The molecule has 0 spiro atoms. The maximum atomic E-state index is 13.3. The zero-order valence-corrected chi connectivity index (χ0v) is 13.1. The molecular formula is C14H9FINO2S. The molecule has 0 saturated carbocycles. The van der Waals surface area contributed by atoms with Gasteiger partial charge in [-0.25, -0.2) is 4.39 Å². The van der Waals surface area contributed by atoms with Gasteiger partial charge >= 0.3 is 11.6 Å². The molecule has 6 heteroatoms. The molecule has 1 heterocycles. The van der Waals surface area contributed by atoms with Crippen molar-refractivity contribution in [3.8, 4) is 5.69 Å². The number of hydrogen-bond acceptors (Lipinski definition) is 2. The summed E-state index contributed by atoms with van der Waals surface area (Å²) in [7, 11) is 0. The average molecular weight is 401 g/mol. The topological polar surface area (TPSA) is 39.1 Å². The lowest BCUT2D eigenvalue weighted by Gasteiger charge is -2.04. The fourth-order valence-electron chi connectivity index (χ4n) is 1.96. The van der Waals surface area contributed by atoms with Crippen LogP contribution in [0.2, 0.25) is 0 Å². The molecule has 3 rings (SSSR count). The van der Waals surface area contributed by atoms with Crippen LogP contribution >= 0.6 is 22.6 Å². The first-order chi connectivity index (χ1) is 9.67. The van der Waals surface area contributed by atoms with Crippen LogP contribution in [0.1, 0.15) is 0 Å². The normalized spacial score (nSPS) is 9.90. The fraction of sp³-hybridized carbons (Fsp3) is 0. The Balaban J connectivity index is 0.000000452.